The van der Waals surface area contributed by atoms with Crippen LogP contribution < -0.4 is 5.73 Å². The van der Waals surface area contributed by atoms with Crippen LogP contribution in [0.15, 0.2) is 54.6 Å². The molecule has 0 aliphatic rings. The third-order valence-corrected chi connectivity index (χ3v) is 4.13. The highest BCUT2D eigenvalue weighted by atomic mass is 14.7. The molecule has 0 saturated heterocycles. The molecule has 1 atom stereocenters. The summed E-state index contributed by atoms with van der Waals surface area (Å²) in [6, 6.07) is 18.7. The van der Waals surface area contributed by atoms with Crippen molar-refractivity contribution in [2.24, 2.45) is 5.73 Å². The molecule has 2 heteroatoms. The highest BCUT2D eigenvalue weighted by Crippen LogP contribution is 2.22. The van der Waals surface area contributed by atoms with Crippen molar-refractivity contribution in [1.82, 2.24) is 4.98 Å². The zero-order valence-corrected chi connectivity index (χ0v) is 12.5. The van der Waals surface area contributed by atoms with Crippen LogP contribution in [-0.4, -0.2) is 4.98 Å². The molecule has 3 aromatic rings. The number of aryl methyl sites for hydroxylation is 1. The van der Waals surface area contributed by atoms with Crippen LogP contribution in [0.25, 0.3) is 10.9 Å². The maximum absolute atomic E-state index is 6.40. The lowest BCUT2D eigenvalue weighted by atomic mass is 9.95. The number of benzene rings is 2. The number of fused-ring (bicyclic) bond motifs is 1. The van der Waals surface area contributed by atoms with Gasteiger partial charge in [-0.25, -0.2) is 0 Å². The van der Waals surface area contributed by atoms with E-state index in [1.54, 1.807) is 0 Å². The molecule has 1 aromatic heterocycles. The van der Waals surface area contributed by atoms with Crippen molar-refractivity contribution in [1.29, 1.82) is 0 Å². The molecule has 0 bridgehead atoms. The van der Waals surface area contributed by atoms with Crippen molar-refractivity contribution < 1.29 is 0 Å². The van der Waals surface area contributed by atoms with Crippen LogP contribution in [0.4, 0.5) is 0 Å². The van der Waals surface area contributed by atoms with Gasteiger partial charge in [-0.15, -0.1) is 0 Å². The standard InChI is InChI=1S/C19H20N2/c1-13-6-5-8-17(14(13)2)18(20)12-16-11-10-15-7-3-4-9-19(15)21-16/h3-11,18H,12,20H2,1-2H3. The molecule has 2 nitrogen and oxygen atoms in total. The molecular weight excluding hydrogens is 256 g/mol. The van der Waals surface area contributed by atoms with Gasteiger partial charge >= 0.3 is 0 Å². The second kappa shape index (κ2) is 5.66. The van der Waals surface area contributed by atoms with Gasteiger partial charge in [0.1, 0.15) is 0 Å². The molecule has 0 aliphatic carbocycles. The van der Waals surface area contributed by atoms with Crippen molar-refractivity contribution in [3.63, 3.8) is 0 Å². The van der Waals surface area contributed by atoms with Crippen LogP contribution in [-0.2, 0) is 6.42 Å². The van der Waals surface area contributed by atoms with Crippen molar-refractivity contribution in [2.45, 2.75) is 26.3 Å². The normalized spacial score (nSPS) is 12.5. The third kappa shape index (κ3) is 2.81. The Balaban J connectivity index is 1.89. The van der Waals surface area contributed by atoms with E-state index in [-0.39, 0.29) is 6.04 Å². The molecule has 3 rings (SSSR count). The molecule has 106 valence electrons. The van der Waals surface area contributed by atoms with E-state index in [2.05, 4.69) is 50.2 Å². The monoisotopic (exact) mass is 276 g/mol. The number of hydrogen-bond donors (Lipinski definition) is 1. The van der Waals surface area contributed by atoms with E-state index in [4.69, 9.17) is 10.7 Å². The van der Waals surface area contributed by atoms with Crippen molar-refractivity contribution >= 4 is 10.9 Å². The number of nitrogens with zero attached hydrogens (tertiary/aromatic N) is 1. The molecule has 2 aromatic carbocycles. The van der Waals surface area contributed by atoms with E-state index in [0.29, 0.717) is 0 Å². The molecule has 1 heterocycles. The first-order valence-corrected chi connectivity index (χ1v) is 7.31. The molecule has 21 heavy (non-hydrogen) atoms. The molecule has 0 radical (unpaired) electrons. The predicted molar refractivity (Wildman–Crippen MR) is 88.3 cm³/mol. The summed E-state index contributed by atoms with van der Waals surface area (Å²) < 4.78 is 0. The zero-order valence-electron chi connectivity index (χ0n) is 12.5. The lowest BCUT2D eigenvalue weighted by Crippen LogP contribution is -2.15. The van der Waals surface area contributed by atoms with Crippen molar-refractivity contribution in [2.75, 3.05) is 0 Å². The molecule has 0 fully saturated rings. The first kappa shape index (κ1) is 13.8. The van der Waals surface area contributed by atoms with E-state index in [0.717, 1.165) is 17.6 Å². The van der Waals surface area contributed by atoms with Gasteiger partial charge in [0, 0.05) is 23.5 Å². The van der Waals surface area contributed by atoms with Gasteiger partial charge in [0.25, 0.3) is 0 Å². The molecule has 0 aliphatic heterocycles. The highest BCUT2D eigenvalue weighted by molar-refractivity contribution is 5.78. The summed E-state index contributed by atoms with van der Waals surface area (Å²) in [4.78, 5) is 4.71. The van der Waals surface area contributed by atoms with Crippen LogP contribution in [0.5, 0.6) is 0 Å². The minimum Gasteiger partial charge on any atom is -0.324 e. The number of pyridine rings is 1. The van der Waals surface area contributed by atoms with Crippen LogP contribution in [0.3, 0.4) is 0 Å². The quantitative estimate of drug-likeness (QED) is 0.782. The van der Waals surface area contributed by atoms with E-state index in [1.165, 1.54) is 22.1 Å². The first-order chi connectivity index (χ1) is 10.1. The Bertz CT molecular complexity index is 777. The fourth-order valence-electron chi connectivity index (χ4n) is 2.73. The maximum atomic E-state index is 6.40. The Labute approximate surface area is 125 Å². The largest absolute Gasteiger partial charge is 0.324 e. The number of aromatic nitrogens is 1. The summed E-state index contributed by atoms with van der Waals surface area (Å²) in [5, 5.41) is 1.17. The van der Waals surface area contributed by atoms with Crippen molar-refractivity contribution in [3.8, 4) is 0 Å². The molecule has 0 amide bonds. The molecular formula is C19H20N2. The van der Waals surface area contributed by atoms with E-state index < -0.39 is 0 Å². The van der Waals surface area contributed by atoms with Gasteiger partial charge in [0.05, 0.1) is 5.52 Å². The summed E-state index contributed by atoms with van der Waals surface area (Å²) in [7, 11) is 0. The maximum Gasteiger partial charge on any atom is 0.0705 e. The zero-order chi connectivity index (χ0) is 14.8. The Morgan fingerprint density at radius 2 is 1.76 bits per heavy atom. The van der Waals surface area contributed by atoms with Gasteiger partial charge in [-0.2, -0.15) is 0 Å². The number of nitrogens with two attached hydrogens (primary N) is 1. The predicted octanol–water partition coefficient (Wildman–Crippen LogP) is 4.09. The summed E-state index contributed by atoms with van der Waals surface area (Å²) in [5.74, 6) is 0. The minimum atomic E-state index is -0.0152. The summed E-state index contributed by atoms with van der Waals surface area (Å²) in [6.45, 7) is 4.26. The van der Waals surface area contributed by atoms with Gasteiger partial charge < -0.3 is 5.73 Å². The molecule has 0 spiro atoms. The summed E-state index contributed by atoms with van der Waals surface area (Å²) >= 11 is 0. The smallest absolute Gasteiger partial charge is 0.0705 e. The SMILES string of the molecule is Cc1cccc(C(N)Cc2ccc3ccccc3n2)c1C. The average Bonchev–Trinajstić information content (AvgIpc) is 2.50. The Hall–Kier alpha value is -2.19. The Kier molecular flexibility index (Phi) is 3.72. The van der Waals surface area contributed by atoms with Gasteiger partial charge in [0.2, 0.25) is 0 Å². The van der Waals surface area contributed by atoms with Gasteiger partial charge in [-0.05, 0) is 42.7 Å². The second-order valence-corrected chi connectivity index (χ2v) is 5.60. The van der Waals surface area contributed by atoms with Crippen LogP contribution in [0, 0.1) is 13.8 Å². The Morgan fingerprint density at radius 3 is 2.62 bits per heavy atom. The van der Waals surface area contributed by atoms with Crippen LogP contribution in [0.1, 0.15) is 28.4 Å². The van der Waals surface area contributed by atoms with Gasteiger partial charge in [-0.1, -0.05) is 42.5 Å². The first-order valence-electron chi connectivity index (χ1n) is 7.31. The van der Waals surface area contributed by atoms with Crippen LogP contribution >= 0.6 is 0 Å². The molecule has 2 N–H and O–H groups in total. The molecule has 0 saturated carbocycles. The number of rotatable bonds is 3. The molecule has 1 unspecified atom stereocenters. The van der Waals surface area contributed by atoms with E-state index >= 15 is 0 Å². The topological polar surface area (TPSA) is 38.9 Å². The fourth-order valence-corrected chi connectivity index (χ4v) is 2.73. The van der Waals surface area contributed by atoms with Gasteiger partial charge in [0.15, 0.2) is 0 Å². The Morgan fingerprint density at radius 1 is 0.952 bits per heavy atom. The fraction of sp³-hybridized carbons (Fsp3) is 0.211. The second-order valence-electron chi connectivity index (χ2n) is 5.60. The van der Waals surface area contributed by atoms with Gasteiger partial charge in [-0.3, -0.25) is 4.98 Å². The number of hydrogen-bond acceptors (Lipinski definition) is 2. The lowest BCUT2D eigenvalue weighted by molar-refractivity contribution is 0.703. The summed E-state index contributed by atoms with van der Waals surface area (Å²) in [6.07, 6.45) is 0.759. The van der Waals surface area contributed by atoms with E-state index in [1.807, 2.05) is 18.2 Å². The average molecular weight is 276 g/mol. The highest BCUT2D eigenvalue weighted by Gasteiger charge is 2.11. The third-order valence-electron chi connectivity index (χ3n) is 4.13. The minimum absolute atomic E-state index is 0.0152. The summed E-state index contributed by atoms with van der Waals surface area (Å²) in [5.41, 5.74) is 12.3. The van der Waals surface area contributed by atoms with Crippen molar-refractivity contribution in [3.05, 3.63) is 77.0 Å². The lowest BCUT2D eigenvalue weighted by Gasteiger charge is -2.16. The van der Waals surface area contributed by atoms with Crippen LogP contribution in [0.2, 0.25) is 0 Å². The van der Waals surface area contributed by atoms with E-state index in [9.17, 15) is 0 Å². The number of para-hydroxylation sites is 1.